The van der Waals surface area contributed by atoms with E-state index in [-0.39, 0.29) is 0 Å². The van der Waals surface area contributed by atoms with Gasteiger partial charge in [-0.05, 0) is 58.7 Å². The highest BCUT2D eigenvalue weighted by atomic mass is 31.1. The Hall–Kier alpha value is -1.69. The Morgan fingerprint density at radius 2 is 1.32 bits per heavy atom. The molecule has 0 bridgehead atoms. The fourth-order valence-corrected chi connectivity index (χ4v) is 5.90. The zero-order chi connectivity index (χ0) is 18.0. The molecule has 25 heavy (non-hydrogen) atoms. The normalized spacial score (nSPS) is 18.0. The maximum absolute atomic E-state index is 2.37. The van der Waals surface area contributed by atoms with Gasteiger partial charge < -0.3 is 4.90 Å². The van der Waals surface area contributed by atoms with Crippen LogP contribution in [-0.2, 0) is 0 Å². The molecule has 0 saturated heterocycles. The Kier molecular flexibility index (Phi) is 5.57. The number of hydrogen-bond acceptors (Lipinski definition) is 1. The number of nitrogens with zero attached hydrogens (tertiary/aromatic N) is 1. The van der Waals surface area contributed by atoms with Crippen LogP contribution in [-0.4, -0.2) is 25.0 Å². The largest absolute Gasteiger partial charge is 0.306 e. The smallest absolute Gasteiger partial charge is 0.0185 e. The van der Waals surface area contributed by atoms with Gasteiger partial charge in [-0.3, -0.25) is 0 Å². The standard InChI is InChI=1S/C23H28NP/c1-17-9-13-20(14-10-17)25(21-15-11-18(2)12-16-21)23-8-6-7-22(23)19(3)24(4)5/h6-16,19,22H,1-5H3/t19-,22?/m0/s1. The summed E-state index contributed by atoms with van der Waals surface area (Å²) >= 11 is 0. The van der Waals surface area contributed by atoms with E-state index >= 15 is 0 Å². The summed E-state index contributed by atoms with van der Waals surface area (Å²) in [5.74, 6) is 0.476. The minimum absolute atomic E-state index is 0.476. The summed E-state index contributed by atoms with van der Waals surface area (Å²) < 4.78 is 0. The van der Waals surface area contributed by atoms with Gasteiger partial charge in [0.25, 0.3) is 0 Å². The quantitative estimate of drug-likeness (QED) is 0.704. The molecule has 0 amide bonds. The predicted molar refractivity (Wildman–Crippen MR) is 112 cm³/mol. The van der Waals surface area contributed by atoms with Crippen molar-refractivity contribution >= 4 is 18.5 Å². The summed E-state index contributed by atoms with van der Waals surface area (Å²) in [7, 11) is 3.85. The highest BCUT2D eigenvalue weighted by Crippen LogP contribution is 2.50. The lowest BCUT2D eigenvalue weighted by Crippen LogP contribution is -2.32. The van der Waals surface area contributed by atoms with Gasteiger partial charge in [-0.25, -0.2) is 0 Å². The fraction of sp³-hybridized carbons (Fsp3) is 0.304. The van der Waals surface area contributed by atoms with Crippen molar-refractivity contribution in [3.63, 3.8) is 0 Å². The van der Waals surface area contributed by atoms with Crippen molar-refractivity contribution in [2.75, 3.05) is 14.1 Å². The molecule has 2 aromatic carbocycles. The second kappa shape index (κ2) is 7.68. The molecule has 2 aromatic rings. The van der Waals surface area contributed by atoms with Crippen LogP contribution in [0.5, 0.6) is 0 Å². The van der Waals surface area contributed by atoms with Crippen LogP contribution in [0.25, 0.3) is 0 Å². The topological polar surface area (TPSA) is 3.24 Å². The molecule has 0 heterocycles. The van der Waals surface area contributed by atoms with Gasteiger partial charge in [-0.15, -0.1) is 0 Å². The minimum atomic E-state index is -0.501. The van der Waals surface area contributed by atoms with Crippen molar-refractivity contribution < 1.29 is 0 Å². The molecule has 0 aliphatic heterocycles. The number of allylic oxidation sites excluding steroid dienone is 2. The summed E-state index contributed by atoms with van der Waals surface area (Å²) in [5, 5.41) is 4.44. The lowest BCUT2D eigenvalue weighted by molar-refractivity contribution is 0.281. The van der Waals surface area contributed by atoms with E-state index in [1.165, 1.54) is 21.7 Å². The van der Waals surface area contributed by atoms with Gasteiger partial charge in [0.05, 0.1) is 0 Å². The van der Waals surface area contributed by atoms with E-state index in [1.54, 1.807) is 5.31 Å². The molecule has 0 radical (unpaired) electrons. The molecule has 2 heteroatoms. The average molecular weight is 349 g/mol. The first kappa shape index (κ1) is 18.1. The van der Waals surface area contributed by atoms with Crippen LogP contribution in [0.3, 0.4) is 0 Å². The van der Waals surface area contributed by atoms with Crippen LogP contribution in [0.4, 0.5) is 0 Å². The first-order valence-electron chi connectivity index (χ1n) is 8.95. The van der Waals surface area contributed by atoms with Crippen molar-refractivity contribution in [1.82, 2.24) is 4.90 Å². The first-order chi connectivity index (χ1) is 12.0. The summed E-state index contributed by atoms with van der Waals surface area (Å²) in [6.45, 7) is 6.64. The van der Waals surface area contributed by atoms with Gasteiger partial charge in [0.2, 0.25) is 0 Å². The maximum atomic E-state index is 2.37. The minimum Gasteiger partial charge on any atom is -0.306 e. The SMILES string of the molecule is Cc1ccc(P(C2=CC=CC2[C@H](C)N(C)C)c2ccc(C)cc2)cc1. The first-order valence-corrected chi connectivity index (χ1v) is 10.3. The van der Waals surface area contributed by atoms with Crippen LogP contribution in [0.2, 0.25) is 0 Å². The molecule has 0 spiro atoms. The number of hydrogen-bond donors (Lipinski definition) is 0. The second-order valence-corrected chi connectivity index (χ2v) is 9.43. The number of rotatable bonds is 5. The molecule has 3 rings (SSSR count). The van der Waals surface area contributed by atoms with Gasteiger partial charge >= 0.3 is 0 Å². The van der Waals surface area contributed by atoms with E-state index < -0.39 is 7.92 Å². The third-order valence-electron chi connectivity index (χ3n) is 5.10. The summed E-state index contributed by atoms with van der Waals surface area (Å²) in [5.41, 5.74) is 2.64. The molecule has 130 valence electrons. The van der Waals surface area contributed by atoms with Crippen molar-refractivity contribution in [2.45, 2.75) is 26.8 Å². The molecule has 1 unspecified atom stereocenters. The molecule has 2 atom stereocenters. The predicted octanol–water partition coefficient (Wildman–Crippen LogP) is 4.76. The highest BCUT2D eigenvalue weighted by molar-refractivity contribution is 7.76. The zero-order valence-electron chi connectivity index (χ0n) is 15.9. The molecule has 0 fully saturated rings. The Balaban J connectivity index is 2.05. The van der Waals surface area contributed by atoms with Crippen molar-refractivity contribution in [3.05, 3.63) is 83.2 Å². The molecule has 1 nitrogen and oxygen atoms in total. The third-order valence-corrected chi connectivity index (χ3v) is 7.70. The van der Waals surface area contributed by atoms with Gasteiger partial charge in [0, 0.05) is 12.0 Å². The fourth-order valence-electron chi connectivity index (χ4n) is 3.27. The van der Waals surface area contributed by atoms with Crippen LogP contribution >= 0.6 is 7.92 Å². The zero-order valence-corrected chi connectivity index (χ0v) is 16.8. The van der Waals surface area contributed by atoms with Crippen molar-refractivity contribution in [1.29, 1.82) is 0 Å². The van der Waals surface area contributed by atoms with E-state index in [0.29, 0.717) is 12.0 Å². The number of benzene rings is 2. The highest BCUT2D eigenvalue weighted by Gasteiger charge is 2.30. The molecule has 1 aliphatic rings. The van der Waals surface area contributed by atoms with Crippen LogP contribution < -0.4 is 10.6 Å². The monoisotopic (exact) mass is 349 g/mol. The Labute approximate surface area is 153 Å². The van der Waals surface area contributed by atoms with Crippen LogP contribution in [0, 0.1) is 19.8 Å². The van der Waals surface area contributed by atoms with Gasteiger partial charge in [-0.1, -0.05) is 77.9 Å². The molecule has 0 N–H and O–H groups in total. The van der Waals surface area contributed by atoms with Crippen molar-refractivity contribution in [2.24, 2.45) is 5.92 Å². The van der Waals surface area contributed by atoms with Gasteiger partial charge in [0.15, 0.2) is 0 Å². The average Bonchev–Trinajstić information content (AvgIpc) is 3.07. The summed E-state index contributed by atoms with van der Waals surface area (Å²) in [4.78, 5) is 2.33. The van der Waals surface area contributed by atoms with Crippen molar-refractivity contribution in [3.8, 4) is 0 Å². The number of aryl methyl sites for hydroxylation is 2. The lowest BCUT2D eigenvalue weighted by atomic mass is 10.0. The Morgan fingerprint density at radius 3 is 1.76 bits per heavy atom. The Bertz CT molecular complexity index is 723. The van der Waals surface area contributed by atoms with E-state index in [1.807, 2.05) is 0 Å². The van der Waals surface area contributed by atoms with Crippen LogP contribution in [0.15, 0.2) is 72.1 Å². The molecule has 0 aromatic heterocycles. The van der Waals surface area contributed by atoms with Crippen LogP contribution in [0.1, 0.15) is 18.1 Å². The maximum Gasteiger partial charge on any atom is 0.0185 e. The summed E-state index contributed by atoms with van der Waals surface area (Å²) in [6, 6.07) is 18.7. The van der Waals surface area contributed by atoms with E-state index in [9.17, 15) is 0 Å². The Morgan fingerprint density at radius 1 is 0.840 bits per heavy atom. The van der Waals surface area contributed by atoms with E-state index in [2.05, 4.69) is 107 Å². The van der Waals surface area contributed by atoms with Gasteiger partial charge in [0.1, 0.15) is 0 Å². The van der Waals surface area contributed by atoms with Gasteiger partial charge in [-0.2, -0.15) is 0 Å². The molecule has 0 saturated carbocycles. The summed E-state index contributed by atoms with van der Waals surface area (Å²) in [6.07, 6.45) is 6.98. The van der Waals surface area contributed by atoms with E-state index in [4.69, 9.17) is 0 Å². The van der Waals surface area contributed by atoms with E-state index in [0.717, 1.165) is 0 Å². The lowest BCUT2D eigenvalue weighted by Gasteiger charge is -2.32. The molecular formula is C23H28NP. The second-order valence-electron chi connectivity index (χ2n) is 7.21. The molecular weight excluding hydrogens is 321 g/mol. The third kappa shape index (κ3) is 3.94. The molecule has 1 aliphatic carbocycles.